The van der Waals surface area contributed by atoms with Crippen molar-refractivity contribution in [2.45, 2.75) is 111 Å². The summed E-state index contributed by atoms with van der Waals surface area (Å²) in [6.45, 7) is 12.3. The number of nitro groups is 4. The summed E-state index contributed by atoms with van der Waals surface area (Å²) in [5.41, 5.74) is 4.84. The molecule has 0 saturated carbocycles. The van der Waals surface area contributed by atoms with Gasteiger partial charge in [-0.2, -0.15) is 0 Å². The van der Waals surface area contributed by atoms with Crippen LogP contribution in [0, 0.1) is 40.5 Å². The van der Waals surface area contributed by atoms with E-state index < -0.39 is 42.6 Å². The van der Waals surface area contributed by atoms with E-state index in [0.717, 1.165) is 38.5 Å². The van der Waals surface area contributed by atoms with Crippen LogP contribution in [0.5, 0.6) is 0 Å². The number of unbranched alkanes of at least 4 members (excludes halogenated alkanes) is 4. The number of nitrogens with two attached hydrogens (primary N) is 1. The number of nitrogen functional groups attached to an aromatic ring is 1. The molecule has 0 saturated heterocycles. The Morgan fingerprint density at radius 2 is 0.906 bits per heavy atom. The number of fused-ring (bicyclic) bond motifs is 4. The Balaban J connectivity index is 0.000000215. The van der Waals surface area contributed by atoms with Crippen LogP contribution in [0.25, 0.3) is 33.1 Å². The van der Waals surface area contributed by atoms with Crippen LogP contribution in [0.1, 0.15) is 98.5 Å². The molecule has 7 aromatic rings. The van der Waals surface area contributed by atoms with Crippen molar-refractivity contribution >= 4 is 137 Å². The lowest BCUT2D eigenvalue weighted by Gasteiger charge is -2.19. The van der Waals surface area contributed by atoms with Gasteiger partial charge in [-0.05, 0) is 97.1 Å². The molecule has 1 aliphatic heterocycles. The number of carbonyl (C=O) groups is 4. The lowest BCUT2D eigenvalue weighted by atomic mass is 10.0. The molecular weight excluding hydrogens is 1180 g/mol. The van der Waals surface area contributed by atoms with Crippen LogP contribution in [0.3, 0.4) is 0 Å². The minimum Gasteiger partial charge on any atom is -0.460 e. The Kier molecular flexibility index (Phi) is 23.8. The number of halogens is 3. The first kappa shape index (κ1) is 66.6. The Hall–Kier alpha value is -9.19. The van der Waals surface area contributed by atoms with Crippen LogP contribution in [-0.2, 0) is 35.1 Å². The molecule has 0 spiro atoms. The van der Waals surface area contributed by atoms with E-state index in [-0.39, 0.29) is 56.6 Å². The predicted octanol–water partition coefficient (Wildman–Crippen LogP) is 11.1. The van der Waals surface area contributed by atoms with E-state index in [4.69, 9.17) is 50.1 Å². The van der Waals surface area contributed by atoms with Crippen molar-refractivity contribution in [3.8, 4) is 0 Å². The average molecular weight is 1240 g/mol. The maximum atomic E-state index is 11.7. The Bertz CT molecular complexity index is 3660. The van der Waals surface area contributed by atoms with Gasteiger partial charge in [-0.3, -0.25) is 59.6 Å². The van der Waals surface area contributed by atoms with Gasteiger partial charge >= 0.3 is 11.9 Å². The number of carbonyl (C=O) groups excluding carboxylic acids is 4. The van der Waals surface area contributed by atoms with Gasteiger partial charge in [0.25, 0.3) is 28.7 Å². The van der Waals surface area contributed by atoms with Crippen LogP contribution in [0.15, 0.2) is 72.8 Å². The zero-order chi connectivity index (χ0) is 62.8. The third-order valence-electron chi connectivity index (χ3n) is 11.3. The van der Waals surface area contributed by atoms with Gasteiger partial charge in [-0.15, -0.1) is 0 Å². The topological polar surface area (TPSA) is 411 Å². The van der Waals surface area contributed by atoms with Crippen molar-refractivity contribution in [2.24, 2.45) is 5.84 Å². The number of rotatable bonds is 19. The van der Waals surface area contributed by atoms with Gasteiger partial charge in [0.05, 0.1) is 52.8 Å². The van der Waals surface area contributed by atoms with E-state index in [1.54, 1.807) is 12.1 Å². The molecule has 450 valence electrons. The zero-order valence-electron chi connectivity index (χ0n) is 46.6. The highest BCUT2D eigenvalue weighted by Crippen LogP contribution is 2.29. The monoisotopic (exact) mass is 1230 g/mol. The standard InChI is InChI=1S/C18H23ClN4O4.C18H26N6O4.C9H6N2O4.C8H3Cl2N3O2/c1-18(2,3)27-15(24)7-5-4-6-10-20-17-16(19)21-14-11-12(23(25)26)8-9-13(14)22-17;1-18(2,3)28-15(25)7-5-4-6-10-20-16-17(23-19)22-14-11-12(24(26)27)8-9-13(14)21-16;12-8-4-5-3-6(11(14)15)1-2-7(5)10-9(8)13;9-7-8(10)12-6-3-4(13(14)15)1-2-5(6)11-7/h8-9,11H,4-7,10H2,1-3H3,(H,20,22);8-9,11H,4-7,10,19H2,1-3H3,(H,20,21)(H,22,23);1-3H,4H2,(H,10,13);1-3H. The normalized spacial score (nSPS) is 11.7. The number of amides is 1. The second-order valence-electron chi connectivity index (χ2n) is 20.3. The minimum absolute atomic E-state index is 0.0321. The quantitative estimate of drug-likeness (QED) is 0.0125. The fourth-order valence-electron chi connectivity index (χ4n) is 7.49. The molecule has 29 nitrogen and oxygen atoms in total. The van der Waals surface area contributed by atoms with Crippen molar-refractivity contribution in [1.29, 1.82) is 0 Å². The molecule has 0 bridgehead atoms. The van der Waals surface area contributed by atoms with Crippen LogP contribution in [-0.4, -0.2) is 97.5 Å². The SMILES string of the molecule is CC(C)(C)OC(=O)CCCCCNc1nc2ccc([N+](=O)[O-])cc2nc1Cl.CC(C)(C)OC(=O)CCCCCNc1nc2ccc([N+](=O)[O-])cc2nc1NN.O=C1Cc2cc([N+](=O)[O-])ccc2NC1=O.O=[N+]([O-])c1ccc2nc(Cl)c(Cl)nc2c1. The van der Waals surface area contributed by atoms with Crippen LogP contribution < -0.4 is 27.2 Å². The Morgan fingerprint density at radius 3 is 1.35 bits per heavy atom. The summed E-state index contributed by atoms with van der Waals surface area (Å²) in [4.78, 5) is 111. The second kappa shape index (κ2) is 30.4. The molecule has 0 aliphatic carbocycles. The van der Waals surface area contributed by atoms with Gasteiger partial charge in [0.2, 0.25) is 5.78 Å². The third-order valence-corrected chi connectivity index (χ3v) is 12.2. The minimum atomic E-state index is -0.670. The lowest BCUT2D eigenvalue weighted by Crippen LogP contribution is -2.29. The largest absolute Gasteiger partial charge is 0.460 e. The molecule has 8 rings (SSSR count). The van der Waals surface area contributed by atoms with Crippen LogP contribution in [0.4, 0.5) is 45.9 Å². The van der Waals surface area contributed by atoms with Crippen molar-refractivity contribution in [3.05, 3.63) is 134 Å². The van der Waals surface area contributed by atoms with E-state index >= 15 is 0 Å². The molecule has 4 aromatic carbocycles. The number of hydrogen-bond donors (Lipinski definition) is 5. The summed E-state index contributed by atoms with van der Waals surface area (Å²) < 4.78 is 10.5. The van der Waals surface area contributed by atoms with Crippen LogP contribution in [0.2, 0.25) is 15.5 Å². The van der Waals surface area contributed by atoms with Gasteiger partial charge in [-0.1, -0.05) is 47.6 Å². The number of nitrogens with zero attached hydrogens (tertiary/aromatic N) is 10. The van der Waals surface area contributed by atoms with Gasteiger partial charge < -0.3 is 30.8 Å². The highest BCUT2D eigenvalue weighted by atomic mass is 35.5. The smallest absolute Gasteiger partial charge is 0.306 e. The first-order valence-corrected chi connectivity index (χ1v) is 27.0. The van der Waals surface area contributed by atoms with Crippen molar-refractivity contribution in [3.63, 3.8) is 0 Å². The summed E-state index contributed by atoms with van der Waals surface area (Å²) in [7, 11) is 0. The number of ketones is 1. The number of non-ortho nitro benzene ring substituents is 4. The number of benzene rings is 4. The van der Waals surface area contributed by atoms with E-state index in [0.29, 0.717) is 87.7 Å². The fraction of sp³-hybridized carbons (Fsp3) is 0.358. The number of hydrogen-bond acceptors (Lipinski definition) is 24. The molecule has 0 fully saturated rings. The number of anilines is 4. The number of ether oxygens (including phenoxy) is 2. The Morgan fingerprint density at radius 1 is 0.529 bits per heavy atom. The maximum absolute atomic E-state index is 11.7. The molecule has 0 atom stereocenters. The molecule has 1 aliphatic rings. The van der Waals surface area contributed by atoms with Gasteiger partial charge in [0.15, 0.2) is 32.9 Å². The molecule has 4 heterocycles. The lowest BCUT2D eigenvalue weighted by molar-refractivity contribution is -0.385. The summed E-state index contributed by atoms with van der Waals surface area (Å²) in [5, 5.41) is 51.6. The van der Waals surface area contributed by atoms with E-state index in [9.17, 15) is 59.6 Å². The summed E-state index contributed by atoms with van der Waals surface area (Å²) in [6, 6.07) is 16.7. The van der Waals surface area contributed by atoms with Crippen molar-refractivity contribution in [1.82, 2.24) is 29.9 Å². The van der Waals surface area contributed by atoms with E-state index in [1.165, 1.54) is 60.7 Å². The van der Waals surface area contributed by atoms with Crippen molar-refractivity contribution in [2.75, 3.05) is 34.5 Å². The number of aromatic nitrogens is 6. The number of nitro benzene ring substituents is 4. The summed E-state index contributed by atoms with van der Waals surface area (Å²) in [6.07, 6.45) is 5.56. The van der Waals surface area contributed by atoms with Crippen LogP contribution >= 0.6 is 34.8 Å². The van der Waals surface area contributed by atoms with E-state index in [2.05, 4.69) is 51.3 Å². The highest BCUT2D eigenvalue weighted by Gasteiger charge is 2.25. The summed E-state index contributed by atoms with van der Waals surface area (Å²) >= 11 is 17.4. The fourth-order valence-corrected chi connectivity index (χ4v) is 7.96. The first-order chi connectivity index (χ1) is 40.0. The van der Waals surface area contributed by atoms with Gasteiger partial charge in [0, 0.05) is 86.6 Å². The number of Topliss-reactive ketones (excluding diaryl/α,β-unsaturated/α-hetero) is 1. The molecule has 6 N–H and O–H groups in total. The first-order valence-electron chi connectivity index (χ1n) is 25.9. The highest BCUT2D eigenvalue weighted by molar-refractivity contribution is 6.42. The second-order valence-corrected chi connectivity index (χ2v) is 21.4. The molecule has 3 aromatic heterocycles. The molecule has 85 heavy (non-hydrogen) atoms. The third kappa shape index (κ3) is 21.2. The molecule has 1 amide bonds. The summed E-state index contributed by atoms with van der Waals surface area (Å²) in [5.74, 6) is 5.08. The Labute approximate surface area is 498 Å². The zero-order valence-corrected chi connectivity index (χ0v) is 48.9. The number of nitrogens with one attached hydrogen (secondary N) is 4. The average Bonchev–Trinajstić information content (AvgIpc) is 3.55. The number of hydrazine groups is 1. The van der Waals surface area contributed by atoms with Gasteiger partial charge in [-0.25, -0.2) is 35.7 Å². The molecular formula is C53H58Cl3N15O14. The molecule has 0 unspecified atom stereocenters. The molecule has 32 heteroatoms. The maximum Gasteiger partial charge on any atom is 0.306 e. The predicted molar refractivity (Wildman–Crippen MR) is 317 cm³/mol. The molecule has 0 radical (unpaired) electrons. The van der Waals surface area contributed by atoms with Gasteiger partial charge in [0.1, 0.15) is 11.2 Å². The number of esters is 2. The van der Waals surface area contributed by atoms with E-state index in [1.807, 2.05) is 41.5 Å². The van der Waals surface area contributed by atoms with Crippen molar-refractivity contribution < 1.29 is 48.3 Å².